The van der Waals surface area contributed by atoms with Crippen LogP contribution < -0.4 is 10.6 Å². The minimum absolute atomic E-state index is 0.0129. The van der Waals surface area contributed by atoms with E-state index >= 15 is 0 Å². The summed E-state index contributed by atoms with van der Waals surface area (Å²) in [6.07, 6.45) is 2.71. The van der Waals surface area contributed by atoms with Crippen LogP contribution in [0.1, 0.15) is 19.3 Å². The van der Waals surface area contributed by atoms with Crippen LogP contribution in [-0.4, -0.2) is 23.3 Å². The van der Waals surface area contributed by atoms with Gasteiger partial charge in [-0.3, -0.25) is 0 Å². The number of hydrogen-bond acceptors (Lipinski definition) is 2. The second-order valence-electron chi connectivity index (χ2n) is 4.38. The Morgan fingerprint density at radius 1 is 1.35 bits per heavy atom. The molecule has 1 saturated carbocycles. The Balaban J connectivity index is 1.91. The number of halogens is 1. The Morgan fingerprint density at radius 3 is 2.47 bits per heavy atom. The highest BCUT2D eigenvalue weighted by Gasteiger charge is 2.37. The molecule has 0 atom stereocenters. The molecule has 0 aliphatic heterocycles. The zero-order valence-electron chi connectivity index (χ0n) is 9.37. The van der Waals surface area contributed by atoms with Crippen molar-refractivity contribution in [3.05, 3.63) is 29.3 Å². The van der Waals surface area contributed by atoms with Gasteiger partial charge in [0, 0.05) is 10.7 Å². The average molecular weight is 255 g/mol. The maximum absolute atomic E-state index is 11.7. The maximum Gasteiger partial charge on any atom is 0.319 e. The smallest absolute Gasteiger partial charge is 0.319 e. The van der Waals surface area contributed by atoms with E-state index in [9.17, 15) is 9.90 Å². The molecule has 1 fully saturated rings. The molecule has 17 heavy (non-hydrogen) atoms. The molecule has 5 heteroatoms. The molecule has 2 amide bonds. The fourth-order valence-corrected chi connectivity index (χ4v) is 1.99. The monoisotopic (exact) mass is 254 g/mol. The number of aliphatic hydroxyl groups is 1. The van der Waals surface area contributed by atoms with Crippen molar-refractivity contribution in [3.63, 3.8) is 0 Å². The molecule has 2 rings (SSSR count). The predicted molar refractivity (Wildman–Crippen MR) is 67.3 cm³/mol. The van der Waals surface area contributed by atoms with Gasteiger partial charge in [-0.05, 0) is 43.5 Å². The summed E-state index contributed by atoms with van der Waals surface area (Å²) in [6.45, 7) is -0.0129. The highest BCUT2D eigenvalue weighted by molar-refractivity contribution is 6.30. The van der Waals surface area contributed by atoms with Crippen LogP contribution in [0.15, 0.2) is 24.3 Å². The minimum atomic E-state index is -0.420. The first-order valence-corrected chi connectivity index (χ1v) is 5.97. The third-order valence-electron chi connectivity index (χ3n) is 3.09. The molecule has 0 unspecified atom stereocenters. The summed E-state index contributed by atoms with van der Waals surface area (Å²) in [5, 5.41) is 15.4. The lowest BCUT2D eigenvalue weighted by Crippen LogP contribution is -2.57. The van der Waals surface area contributed by atoms with Gasteiger partial charge in [-0.15, -0.1) is 0 Å². The molecule has 1 aliphatic rings. The Bertz CT molecular complexity index is 396. The van der Waals surface area contributed by atoms with Gasteiger partial charge >= 0.3 is 6.03 Å². The number of amides is 2. The van der Waals surface area contributed by atoms with E-state index in [1.54, 1.807) is 24.3 Å². The van der Waals surface area contributed by atoms with Crippen molar-refractivity contribution in [1.82, 2.24) is 5.32 Å². The molecule has 0 saturated heterocycles. The Morgan fingerprint density at radius 2 is 2.00 bits per heavy atom. The summed E-state index contributed by atoms with van der Waals surface area (Å²) in [5.74, 6) is 0. The van der Waals surface area contributed by atoms with E-state index in [4.69, 9.17) is 11.6 Å². The van der Waals surface area contributed by atoms with Gasteiger partial charge in [0.05, 0.1) is 12.1 Å². The first-order valence-electron chi connectivity index (χ1n) is 5.59. The van der Waals surface area contributed by atoms with Gasteiger partial charge < -0.3 is 15.7 Å². The highest BCUT2D eigenvalue weighted by atomic mass is 35.5. The molecule has 0 heterocycles. The molecule has 0 radical (unpaired) electrons. The number of benzene rings is 1. The third-order valence-corrected chi connectivity index (χ3v) is 3.35. The van der Waals surface area contributed by atoms with Crippen molar-refractivity contribution in [2.75, 3.05) is 11.9 Å². The molecule has 92 valence electrons. The fraction of sp³-hybridized carbons (Fsp3) is 0.417. The number of hydrogen-bond donors (Lipinski definition) is 3. The first-order chi connectivity index (χ1) is 8.13. The molecule has 4 nitrogen and oxygen atoms in total. The first kappa shape index (κ1) is 12.2. The standard InChI is InChI=1S/C12H15ClN2O2/c13-9-2-4-10(5-3-9)14-11(17)15-12(8-16)6-1-7-12/h2-5,16H,1,6-8H2,(H2,14,15,17). The van der Waals surface area contributed by atoms with Crippen LogP contribution in [0.4, 0.5) is 10.5 Å². The van der Waals surface area contributed by atoms with Crippen molar-refractivity contribution < 1.29 is 9.90 Å². The molecule has 0 spiro atoms. The van der Waals surface area contributed by atoms with Gasteiger partial charge in [-0.2, -0.15) is 0 Å². The third kappa shape index (κ3) is 2.90. The zero-order chi connectivity index (χ0) is 12.3. The van der Waals surface area contributed by atoms with Crippen LogP contribution in [0.3, 0.4) is 0 Å². The van der Waals surface area contributed by atoms with E-state index in [2.05, 4.69) is 10.6 Å². The van der Waals surface area contributed by atoms with E-state index < -0.39 is 5.54 Å². The van der Waals surface area contributed by atoms with Crippen molar-refractivity contribution in [3.8, 4) is 0 Å². The molecular weight excluding hydrogens is 240 g/mol. The predicted octanol–water partition coefficient (Wildman–Crippen LogP) is 2.38. The van der Waals surface area contributed by atoms with E-state index in [0.29, 0.717) is 10.7 Å². The van der Waals surface area contributed by atoms with Gasteiger partial charge in [-0.25, -0.2) is 4.79 Å². The molecule has 1 aromatic carbocycles. The van der Waals surface area contributed by atoms with Crippen molar-refractivity contribution in [2.24, 2.45) is 0 Å². The number of carbonyl (C=O) groups is 1. The summed E-state index contributed by atoms with van der Waals surface area (Å²) in [6, 6.07) is 6.59. The number of urea groups is 1. The fourth-order valence-electron chi connectivity index (χ4n) is 1.86. The van der Waals surface area contributed by atoms with Crippen LogP contribution in [0.5, 0.6) is 0 Å². The SMILES string of the molecule is O=C(Nc1ccc(Cl)cc1)NC1(CO)CCC1. The van der Waals surface area contributed by atoms with Gasteiger partial charge in [0.15, 0.2) is 0 Å². The number of anilines is 1. The van der Waals surface area contributed by atoms with Crippen molar-refractivity contribution >= 4 is 23.3 Å². The zero-order valence-corrected chi connectivity index (χ0v) is 10.1. The number of aliphatic hydroxyl groups excluding tert-OH is 1. The van der Waals surface area contributed by atoms with Crippen LogP contribution in [-0.2, 0) is 0 Å². The number of rotatable bonds is 3. The Kier molecular flexibility index (Phi) is 3.54. The average Bonchev–Trinajstić information content (AvgIpc) is 2.27. The molecule has 0 bridgehead atoms. The second-order valence-corrected chi connectivity index (χ2v) is 4.81. The van der Waals surface area contributed by atoms with E-state index in [1.165, 1.54) is 0 Å². The summed E-state index contributed by atoms with van der Waals surface area (Å²) in [4.78, 5) is 11.7. The number of carbonyl (C=O) groups excluding carboxylic acids is 1. The van der Waals surface area contributed by atoms with Crippen LogP contribution in [0.25, 0.3) is 0 Å². The van der Waals surface area contributed by atoms with Gasteiger partial charge in [0.2, 0.25) is 0 Å². The van der Waals surface area contributed by atoms with E-state index in [-0.39, 0.29) is 12.6 Å². The molecule has 1 aromatic rings. The van der Waals surface area contributed by atoms with Gasteiger partial charge in [-0.1, -0.05) is 11.6 Å². The molecule has 3 N–H and O–H groups in total. The Hall–Kier alpha value is -1.26. The lowest BCUT2D eigenvalue weighted by Gasteiger charge is -2.40. The van der Waals surface area contributed by atoms with Gasteiger partial charge in [0.25, 0.3) is 0 Å². The summed E-state index contributed by atoms with van der Waals surface area (Å²) in [5.41, 5.74) is 0.260. The lowest BCUT2D eigenvalue weighted by atomic mass is 9.77. The van der Waals surface area contributed by atoms with Crippen molar-refractivity contribution in [1.29, 1.82) is 0 Å². The summed E-state index contributed by atoms with van der Waals surface area (Å²) in [7, 11) is 0. The maximum atomic E-state index is 11.7. The van der Waals surface area contributed by atoms with Crippen molar-refractivity contribution in [2.45, 2.75) is 24.8 Å². The molecule has 1 aliphatic carbocycles. The lowest BCUT2D eigenvalue weighted by molar-refractivity contribution is 0.0984. The van der Waals surface area contributed by atoms with Crippen LogP contribution >= 0.6 is 11.6 Å². The summed E-state index contributed by atoms with van der Waals surface area (Å²) < 4.78 is 0. The van der Waals surface area contributed by atoms with Crippen LogP contribution in [0.2, 0.25) is 5.02 Å². The molecule has 0 aromatic heterocycles. The van der Waals surface area contributed by atoms with E-state index in [0.717, 1.165) is 19.3 Å². The quantitative estimate of drug-likeness (QED) is 0.776. The van der Waals surface area contributed by atoms with Crippen LogP contribution in [0, 0.1) is 0 Å². The molecular formula is C12H15ClN2O2. The van der Waals surface area contributed by atoms with Gasteiger partial charge in [0.1, 0.15) is 0 Å². The number of nitrogens with one attached hydrogen (secondary N) is 2. The minimum Gasteiger partial charge on any atom is -0.394 e. The van der Waals surface area contributed by atoms with E-state index in [1.807, 2.05) is 0 Å². The largest absolute Gasteiger partial charge is 0.394 e. The normalized spacial score (nSPS) is 17.1. The second kappa shape index (κ2) is 4.94. The topological polar surface area (TPSA) is 61.4 Å². The summed E-state index contributed by atoms with van der Waals surface area (Å²) >= 11 is 5.75. The highest BCUT2D eigenvalue weighted by Crippen LogP contribution is 2.31. The Labute approximate surface area is 105 Å².